The van der Waals surface area contributed by atoms with Crippen LogP contribution in [-0.2, 0) is 14.3 Å². The number of ketones is 1. The normalized spacial score (nSPS) is 35.0. The van der Waals surface area contributed by atoms with Crippen LogP contribution in [0.5, 0.6) is 0 Å². The highest BCUT2D eigenvalue weighted by atomic mass is 16.5. The maximum Gasteiger partial charge on any atom is 0.309 e. The van der Waals surface area contributed by atoms with Gasteiger partial charge in [-0.05, 0) is 38.0 Å². The number of hydrogen-bond donors (Lipinski definition) is 0. The highest BCUT2D eigenvalue weighted by Gasteiger charge is 2.52. The highest BCUT2D eigenvalue weighted by Crippen LogP contribution is 2.55. The Labute approximate surface area is 90.2 Å². The standard InChI is InChI=1S/C12H18O3/c1-2-15-11(14)10-5-7-12(10)6-3-4-9(13)8-12/h10H,2-8H2,1H3. The second kappa shape index (κ2) is 3.95. The summed E-state index contributed by atoms with van der Waals surface area (Å²) < 4.78 is 5.06. The van der Waals surface area contributed by atoms with Gasteiger partial charge in [-0.3, -0.25) is 9.59 Å². The molecule has 1 spiro atoms. The molecule has 3 heteroatoms. The minimum atomic E-state index is -0.0848. The molecule has 0 aromatic heterocycles. The molecule has 2 fully saturated rings. The summed E-state index contributed by atoms with van der Waals surface area (Å²) in [5.41, 5.74) is -0.0123. The topological polar surface area (TPSA) is 43.4 Å². The van der Waals surface area contributed by atoms with Crippen molar-refractivity contribution in [2.75, 3.05) is 6.61 Å². The summed E-state index contributed by atoms with van der Waals surface area (Å²) in [6.07, 6.45) is 5.24. The van der Waals surface area contributed by atoms with E-state index in [-0.39, 0.29) is 17.3 Å². The molecule has 2 saturated carbocycles. The van der Waals surface area contributed by atoms with Crippen molar-refractivity contribution in [3.63, 3.8) is 0 Å². The van der Waals surface area contributed by atoms with Crippen molar-refractivity contribution in [1.29, 1.82) is 0 Å². The average molecular weight is 210 g/mol. The monoisotopic (exact) mass is 210 g/mol. The maximum absolute atomic E-state index is 11.7. The van der Waals surface area contributed by atoms with Crippen LogP contribution < -0.4 is 0 Å². The fraction of sp³-hybridized carbons (Fsp3) is 0.833. The smallest absolute Gasteiger partial charge is 0.309 e. The number of esters is 1. The summed E-state index contributed by atoms with van der Waals surface area (Å²) in [5, 5.41) is 0. The minimum Gasteiger partial charge on any atom is -0.466 e. The van der Waals surface area contributed by atoms with Crippen LogP contribution in [0.2, 0.25) is 0 Å². The molecule has 0 heterocycles. The lowest BCUT2D eigenvalue weighted by atomic mass is 9.54. The molecule has 0 amide bonds. The number of rotatable bonds is 2. The molecule has 0 aromatic carbocycles. The summed E-state index contributed by atoms with van der Waals surface area (Å²) in [5.74, 6) is 0.246. The van der Waals surface area contributed by atoms with E-state index in [4.69, 9.17) is 4.74 Å². The van der Waals surface area contributed by atoms with Gasteiger partial charge in [-0.25, -0.2) is 0 Å². The van der Waals surface area contributed by atoms with Crippen LogP contribution >= 0.6 is 0 Å². The zero-order valence-corrected chi connectivity index (χ0v) is 9.25. The number of carbonyl (C=O) groups excluding carboxylic acids is 2. The van der Waals surface area contributed by atoms with Crippen LogP contribution in [0, 0.1) is 11.3 Å². The molecule has 2 rings (SSSR count). The predicted octanol–water partition coefficient (Wildman–Crippen LogP) is 2.09. The molecule has 3 nitrogen and oxygen atoms in total. The van der Waals surface area contributed by atoms with Crippen LogP contribution in [-0.4, -0.2) is 18.4 Å². The SMILES string of the molecule is CCOC(=O)C1CCC12CCCC(=O)C2. The van der Waals surface area contributed by atoms with E-state index in [9.17, 15) is 9.59 Å². The van der Waals surface area contributed by atoms with Crippen LogP contribution in [0.3, 0.4) is 0 Å². The lowest BCUT2D eigenvalue weighted by molar-refractivity contribution is -0.164. The molecular weight excluding hydrogens is 192 g/mol. The Bertz CT molecular complexity index is 285. The first kappa shape index (κ1) is 10.7. The van der Waals surface area contributed by atoms with Crippen LogP contribution in [0.1, 0.15) is 45.4 Å². The van der Waals surface area contributed by atoms with Crippen molar-refractivity contribution in [3.8, 4) is 0 Å². The number of hydrogen-bond acceptors (Lipinski definition) is 3. The largest absolute Gasteiger partial charge is 0.466 e. The molecule has 0 bridgehead atoms. The third-order valence-electron chi connectivity index (χ3n) is 3.92. The van der Waals surface area contributed by atoms with E-state index in [1.807, 2.05) is 6.92 Å². The Morgan fingerprint density at radius 3 is 2.87 bits per heavy atom. The van der Waals surface area contributed by atoms with Crippen molar-refractivity contribution in [3.05, 3.63) is 0 Å². The number of Topliss-reactive ketones (excluding diaryl/α,β-unsaturated/α-hetero) is 1. The molecule has 2 unspecified atom stereocenters. The molecular formula is C12H18O3. The van der Waals surface area contributed by atoms with Gasteiger partial charge in [0.15, 0.2) is 0 Å². The van der Waals surface area contributed by atoms with Crippen molar-refractivity contribution in [2.45, 2.75) is 45.4 Å². The summed E-state index contributed by atoms with van der Waals surface area (Å²) in [4.78, 5) is 23.1. The van der Waals surface area contributed by atoms with Gasteiger partial charge in [0.1, 0.15) is 5.78 Å². The molecule has 0 aromatic rings. The Morgan fingerprint density at radius 1 is 1.53 bits per heavy atom. The van der Waals surface area contributed by atoms with Gasteiger partial charge in [-0.1, -0.05) is 0 Å². The Morgan fingerprint density at radius 2 is 2.33 bits per heavy atom. The lowest BCUT2D eigenvalue weighted by Crippen LogP contribution is -2.48. The zero-order valence-electron chi connectivity index (χ0n) is 9.25. The molecule has 15 heavy (non-hydrogen) atoms. The summed E-state index contributed by atoms with van der Waals surface area (Å²) in [6.45, 7) is 2.27. The first-order valence-electron chi connectivity index (χ1n) is 5.86. The second-order valence-corrected chi connectivity index (χ2v) is 4.77. The van der Waals surface area contributed by atoms with E-state index >= 15 is 0 Å². The minimum absolute atomic E-state index is 0.00157. The van der Waals surface area contributed by atoms with E-state index in [0.717, 1.165) is 25.7 Å². The van der Waals surface area contributed by atoms with Gasteiger partial charge in [0.2, 0.25) is 0 Å². The molecule has 0 radical (unpaired) electrons. The predicted molar refractivity (Wildman–Crippen MR) is 55.3 cm³/mol. The second-order valence-electron chi connectivity index (χ2n) is 4.77. The third-order valence-corrected chi connectivity index (χ3v) is 3.92. The van der Waals surface area contributed by atoms with Crippen LogP contribution in [0.15, 0.2) is 0 Å². The Balaban J connectivity index is 2.02. The quantitative estimate of drug-likeness (QED) is 0.655. The van der Waals surface area contributed by atoms with Gasteiger partial charge < -0.3 is 4.74 Å². The number of carbonyl (C=O) groups is 2. The van der Waals surface area contributed by atoms with Crippen LogP contribution in [0.4, 0.5) is 0 Å². The lowest BCUT2D eigenvalue weighted by Gasteiger charge is -2.49. The van der Waals surface area contributed by atoms with Gasteiger partial charge >= 0.3 is 5.97 Å². The first-order chi connectivity index (χ1) is 7.18. The van der Waals surface area contributed by atoms with E-state index in [1.54, 1.807) is 0 Å². The summed E-state index contributed by atoms with van der Waals surface area (Å²) >= 11 is 0. The highest BCUT2D eigenvalue weighted by molar-refractivity contribution is 5.82. The van der Waals surface area contributed by atoms with Gasteiger partial charge in [0, 0.05) is 12.8 Å². The Kier molecular flexibility index (Phi) is 2.81. The molecule has 84 valence electrons. The van der Waals surface area contributed by atoms with E-state index in [1.165, 1.54) is 0 Å². The van der Waals surface area contributed by atoms with E-state index < -0.39 is 0 Å². The van der Waals surface area contributed by atoms with Crippen molar-refractivity contribution < 1.29 is 14.3 Å². The van der Waals surface area contributed by atoms with Gasteiger partial charge in [-0.2, -0.15) is 0 Å². The molecule has 0 N–H and O–H groups in total. The van der Waals surface area contributed by atoms with Gasteiger partial charge in [-0.15, -0.1) is 0 Å². The number of ether oxygens (including phenoxy) is 1. The maximum atomic E-state index is 11.7. The molecule has 2 aliphatic rings. The van der Waals surface area contributed by atoms with Crippen molar-refractivity contribution in [1.82, 2.24) is 0 Å². The third kappa shape index (κ3) is 1.80. The van der Waals surface area contributed by atoms with E-state index in [2.05, 4.69) is 0 Å². The summed E-state index contributed by atoms with van der Waals surface area (Å²) in [6, 6.07) is 0. The fourth-order valence-corrected chi connectivity index (χ4v) is 3.03. The van der Waals surface area contributed by atoms with Crippen molar-refractivity contribution in [2.24, 2.45) is 11.3 Å². The summed E-state index contributed by atoms with van der Waals surface area (Å²) in [7, 11) is 0. The molecule has 0 aliphatic heterocycles. The molecule has 0 saturated heterocycles. The van der Waals surface area contributed by atoms with Crippen molar-refractivity contribution >= 4 is 11.8 Å². The average Bonchev–Trinajstić information content (AvgIpc) is 2.16. The van der Waals surface area contributed by atoms with E-state index in [0.29, 0.717) is 25.2 Å². The molecule has 2 aliphatic carbocycles. The van der Waals surface area contributed by atoms with Crippen LogP contribution in [0.25, 0.3) is 0 Å². The van der Waals surface area contributed by atoms with Gasteiger partial charge in [0.05, 0.1) is 12.5 Å². The zero-order chi connectivity index (χ0) is 10.9. The molecule has 2 atom stereocenters. The first-order valence-corrected chi connectivity index (χ1v) is 5.86. The van der Waals surface area contributed by atoms with Gasteiger partial charge in [0.25, 0.3) is 0 Å². The fourth-order valence-electron chi connectivity index (χ4n) is 3.03. The Hall–Kier alpha value is -0.860.